The molecule has 37 heavy (non-hydrogen) atoms. The quantitative estimate of drug-likeness (QED) is 0.138. The zero-order chi connectivity index (χ0) is 26.4. The van der Waals surface area contributed by atoms with Crippen molar-refractivity contribution in [1.29, 1.82) is 0 Å². The molecule has 4 heterocycles. The third kappa shape index (κ3) is 14.8. The Balaban J connectivity index is 0. The number of H-pyrrole nitrogens is 1. The van der Waals surface area contributed by atoms with Crippen molar-refractivity contribution in [3.63, 3.8) is 0 Å². The molecule has 0 bridgehead atoms. The first-order valence-corrected chi connectivity index (χ1v) is 10.3. The maximum Gasteiger partial charge on any atom is 1.00 e. The summed E-state index contributed by atoms with van der Waals surface area (Å²) >= 11 is 0. The van der Waals surface area contributed by atoms with Gasteiger partial charge in [-0.2, -0.15) is 5.10 Å². The van der Waals surface area contributed by atoms with Crippen molar-refractivity contribution in [3.8, 4) is 11.4 Å². The maximum atomic E-state index is 10.9. The van der Waals surface area contributed by atoms with Crippen LogP contribution in [-0.2, 0) is 14.3 Å². The van der Waals surface area contributed by atoms with Crippen LogP contribution in [-0.4, -0.2) is 71.0 Å². The van der Waals surface area contributed by atoms with Crippen molar-refractivity contribution in [2.45, 2.75) is 20.3 Å². The number of hydrogen-bond donors (Lipinski definition) is 1. The molecule has 0 unspecified atom stereocenters. The Morgan fingerprint density at radius 3 is 1.84 bits per heavy atom. The van der Waals surface area contributed by atoms with Crippen LogP contribution in [0.1, 0.15) is 42.7 Å². The monoisotopic (exact) mass is 516 g/mol. The first kappa shape index (κ1) is 32.9. The number of aldehydes is 1. The Hall–Kier alpha value is -4.07. The van der Waals surface area contributed by atoms with Crippen LogP contribution in [0, 0.1) is 0 Å². The van der Waals surface area contributed by atoms with Crippen LogP contribution in [0.4, 0.5) is 0 Å². The van der Waals surface area contributed by atoms with Crippen LogP contribution in [0.2, 0.25) is 0 Å². The number of ketones is 2. The molecule has 0 saturated heterocycles. The molecular formula is C23H25N8NaO5. The van der Waals surface area contributed by atoms with Crippen LogP contribution >= 0.6 is 0 Å². The molecule has 0 aliphatic rings. The number of carbonyl (C=O) groups excluding carboxylic acids is 4. The van der Waals surface area contributed by atoms with Gasteiger partial charge in [-0.25, -0.2) is 9.97 Å². The minimum atomic E-state index is -0.298. The number of aromatic amines is 1. The van der Waals surface area contributed by atoms with Crippen molar-refractivity contribution in [2.75, 3.05) is 6.61 Å². The largest absolute Gasteiger partial charge is 1.00 e. The molecule has 0 atom stereocenters. The third-order valence-electron chi connectivity index (χ3n) is 3.62. The molecule has 0 saturated carbocycles. The molecule has 188 valence electrons. The molecule has 0 spiro atoms. The van der Waals surface area contributed by atoms with E-state index in [2.05, 4.69) is 44.8 Å². The number of Topliss-reactive ketones (excluding diaryl/α,β-unsaturated/α-hetero) is 2. The van der Waals surface area contributed by atoms with E-state index in [-0.39, 0.29) is 54.7 Å². The van der Waals surface area contributed by atoms with Crippen LogP contribution in [0.5, 0.6) is 0 Å². The Bertz CT molecular complexity index is 1160. The van der Waals surface area contributed by atoms with Crippen molar-refractivity contribution < 1.29 is 54.9 Å². The fourth-order valence-corrected chi connectivity index (χ4v) is 2.01. The van der Waals surface area contributed by atoms with Gasteiger partial charge in [-0.15, -0.1) is 0 Å². The van der Waals surface area contributed by atoms with Gasteiger partial charge in [-0.3, -0.25) is 39.4 Å². The Kier molecular flexibility index (Phi) is 18.9. The van der Waals surface area contributed by atoms with Gasteiger partial charge in [0.15, 0.2) is 11.6 Å². The third-order valence-corrected chi connectivity index (χ3v) is 3.62. The second-order valence-electron chi connectivity index (χ2n) is 6.14. The van der Waals surface area contributed by atoms with Gasteiger partial charge in [-0.1, -0.05) is 0 Å². The van der Waals surface area contributed by atoms with Crippen molar-refractivity contribution >= 4 is 24.3 Å². The number of rotatable bonds is 7. The summed E-state index contributed by atoms with van der Waals surface area (Å²) < 4.78 is 4.15. The van der Waals surface area contributed by atoms with E-state index in [1.807, 2.05) is 6.07 Å². The van der Waals surface area contributed by atoms with Crippen LogP contribution in [0.3, 0.4) is 0 Å². The van der Waals surface area contributed by atoms with Gasteiger partial charge in [0, 0.05) is 50.3 Å². The van der Waals surface area contributed by atoms with E-state index in [4.69, 9.17) is 0 Å². The van der Waals surface area contributed by atoms with Gasteiger partial charge < -0.3 is 11.0 Å². The summed E-state index contributed by atoms with van der Waals surface area (Å²) in [7, 11) is 0. The first-order valence-electron chi connectivity index (χ1n) is 10.3. The van der Waals surface area contributed by atoms with Gasteiger partial charge in [0.1, 0.15) is 23.4 Å². The summed E-state index contributed by atoms with van der Waals surface area (Å²) in [5.41, 5.74) is 2.35. The smallest absolute Gasteiger partial charge is 1.00 e. The SMILES string of the molecule is CC(=O)c1cnccn1.CCOC=O.O=CCC(=O)c1cnccn1.[H-].[Na+].c1cnc(-c2ccn[nH]2)cn1. The summed E-state index contributed by atoms with van der Waals surface area (Å²) in [5.74, 6) is -0.351. The molecule has 0 fully saturated rings. The molecule has 4 aromatic heterocycles. The van der Waals surface area contributed by atoms with Gasteiger partial charge in [-0.05, 0) is 13.0 Å². The van der Waals surface area contributed by atoms with Gasteiger partial charge >= 0.3 is 29.6 Å². The average Bonchev–Trinajstić information content (AvgIpc) is 3.47. The molecule has 0 radical (unpaired) electrons. The van der Waals surface area contributed by atoms with E-state index in [1.165, 1.54) is 44.1 Å². The molecular weight excluding hydrogens is 491 g/mol. The predicted octanol–water partition coefficient (Wildman–Crippen LogP) is -0.910. The van der Waals surface area contributed by atoms with E-state index in [0.29, 0.717) is 25.1 Å². The topological polar surface area (TPSA) is 184 Å². The molecule has 0 aromatic carbocycles. The van der Waals surface area contributed by atoms with E-state index >= 15 is 0 Å². The number of nitrogens with zero attached hydrogens (tertiary/aromatic N) is 7. The van der Waals surface area contributed by atoms with Gasteiger partial charge in [0.2, 0.25) is 0 Å². The molecule has 4 aromatic rings. The average molecular weight is 516 g/mol. The number of ether oxygens (including phenoxy) is 1. The van der Waals surface area contributed by atoms with E-state index in [1.54, 1.807) is 31.7 Å². The Labute approximate surface area is 236 Å². The molecule has 1 N–H and O–H groups in total. The number of carbonyl (C=O) groups is 4. The number of nitrogens with one attached hydrogen (secondary N) is 1. The van der Waals surface area contributed by atoms with E-state index in [9.17, 15) is 19.2 Å². The minimum absolute atomic E-state index is 0. The summed E-state index contributed by atoms with van der Waals surface area (Å²) in [6.07, 6.45) is 15.8. The second kappa shape index (κ2) is 21.2. The molecule has 14 heteroatoms. The summed E-state index contributed by atoms with van der Waals surface area (Å²) in [4.78, 5) is 63.5. The number of aromatic nitrogens is 8. The van der Waals surface area contributed by atoms with E-state index in [0.717, 1.165) is 11.4 Å². The van der Waals surface area contributed by atoms with Crippen LogP contribution in [0.15, 0.2) is 68.0 Å². The van der Waals surface area contributed by atoms with Crippen LogP contribution in [0.25, 0.3) is 11.4 Å². The van der Waals surface area contributed by atoms with Crippen molar-refractivity contribution in [3.05, 3.63) is 79.4 Å². The van der Waals surface area contributed by atoms with Gasteiger partial charge in [0.25, 0.3) is 6.47 Å². The second-order valence-corrected chi connectivity index (χ2v) is 6.14. The first-order chi connectivity index (χ1) is 17.5. The molecule has 13 nitrogen and oxygen atoms in total. The molecule has 0 aliphatic heterocycles. The standard InChI is InChI=1S/C7H6N4.C7H6N2O2.C6H6N2O.C3H6O2.Na.H/c1-2-10-11-6(1)7-5-8-3-4-9-7;10-4-1-7(11)6-5-8-2-3-9-6;1-5(9)6-4-7-2-3-8-6;1-2-5-3-4;;/h1-5H,(H,10,11);2-5H,1H2;2-4H,1H3;3H,2H2,1H3;;/q;;;;+1;-1. The fraction of sp³-hybridized carbons (Fsp3) is 0.174. The molecule has 0 aliphatic carbocycles. The maximum absolute atomic E-state index is 10.9. The van der Waals surface area contributed by atoms with E-state index < -0.39 is 0 Å². The fourth-order valence-electron chi connectivity index (χ4n) is 2.01. The summed E-state index contributed by atoms with van der Waals surface area (Å²) in [6.45, 7) is 4.13. The predicted molar refractivity (Wildman–Crippen MR) is 127 cm³/mol. The normalized spacial score (nSPS) is 8.70. The van der Waals surface area contributed by atoms with Crippen molar-refractivity contribution in [2.24, 2.45) is 0 Å². The zero-order valence-electron chi connectivity index (χ0n) is 21.6. The summed E-state index contributed by atoms with van der Waals surface area (Å²) in [6, 6.07) is 1.85. The zero-order valence-corrected chi connectivity index (χ0v) is 22.6. The Morgan fingerprint density at radius 1 is 0.892 bits per heavy atom. The van der Waals surface area contributed by atoms with Gasteiger partial charge in [0.05, 0.1) is 37.3 Å². The minimum Gasteiger partial charge on any atom is -1.00 e. The van der Waals surface area contributed by atoms with Crippen LogP contribution < -0.4 is 29.6 Å². The molecule has 4 rings (SSSR count). The summed E-state index contributed by atoms with van der Waals surface area (Å²) in [5, 5.41) is 6.61. The molecule has 0 amide bonds. The Morgan fingerprint density at radius 2 is 1.49 bits per heavy atom. The number of hydrogen-bond acceptors (Lipinski definition) is 12. The van der Waals surface area contributed by atoms with Crippen molar-refractivity contribution in [1.82, 2.24) is 40.1 Å².